The maximum absolute atomic E-state index is 5.87. The quantitative estimate of drug-likeness (QED) is 0.234. The van der Waals surface area contributed by atoms with Crippen LogP contribution < -0.4 is 15.4 Å². The van der Waals surface area contributed by atoms with Crippen molar-refractivity contribution < 1.29 is 14.2 Å². The minimum atomic E-state index is -0.255. The number of methoxy groups -OCH3 is 1. The molecule has 0 atom stereocenters. The SMILES string of the molecule is CCOCCOc1cc(C)ccc1CNC(=NC)NCC(C)(C)OC.I. The van der Waals surface area contributed by atoms with Crippen LogP contribution in [0.25, 0.3) is 0 Å². The molecule has 7 heteroatoms. The fourth-order valence-corrected chi connectivity index (χ4v) is 2.07. The fourth-order valence-electron chi connectivity index (χ4n) is 2.07. The van der Waals surface area contributed by atoms with Gasteiger partial charge < -0.3 is 24.8 Å². The largest absolute Gasteiger partial charge is 0.491 e. The molecule has 0 aromatic heterocycles. The van der Waals surface area contributed by atoms with Gasteiger partial charge in [0, 0.05) is 39.4 Å². The molecule has 0 amide bonds. The maximum Gasteiger partial charge on any atom is 0.191 e. The summed E-state index contributed by atoms with van der Waals surface area (Å²) < 4.78 is 16.6. The van der Waals surface area contributed by atoms with Gasteiger partial charge in [0.25, 0.3) is 0 Å². The summed E-state index contributed by atoms with van der Waals surface area (Å²) in [7, 11) is 3.46. The zero-order chi connectivity index (χ0) is 18.7. The highest BCUT2D eigenvalue weighted by atomic mass is 127. The predicted octanol–water partition coefficient (Wildman–Crippen LogP) is 3.12. The molecule has 2 N–H and O–H groups in total. The van der Waals surface area contributed by atoms with Crippen molar-refractivity contribution in [3.05, 3.63) is 29.3 Å². The van der Waals surface area contributed by atoms with Crippen molar-refractivity contribution >= 4 is 29.9 Å². The summed E-state index contributed by atoms with van der Waals surface area (Å²) in [4.78, 5) is 4.25. The molecular weight excluding hydrogens is 445 g/mol. The van der Waals surface area contributed by atoms with E-state index in [1.54, 1.807) is 14.2 Å². The summed E-state index contributed by atoms with van der Waals surface area (Å²) in [6, 6.07) is 6.20. The van der Waals surface area contributed by atoms with Crippen molar-refractivity contribution in [1.29, 1.82) is 0 Å². The smallest absolute Gasteiger partial charge is 0.191 e. The van der Waals surface area contributed by atoms with Gasteiger partial charge in [0.15, 0.2) is 5.96 Å². The lowest BCUT2D eigenvalue weighted by molar-refractivity contribution is 0.0268. The molecule has 6 nitrogen and oxygen atoms in total. The Morgan fingerprint density at radius 1 is 1.19 bits per heavy atom. The van der Waals surface area contributed by atoms with E-state index >= 15 is 0 Å². The van der Waals surface area contributed by atoms with E-state index in [9.17, 15) is 0 Å². The number of ether oxygens (including phenoxy) is 3. The van der Waals surface area contributed by atoms with Gasteiger partial charge in [-0.15, -0.1) is 24.0 Å². The lowest BCUT2D eigenvalue weighted by Gasteiger charge is -2.24. The highest BCUT2D eigenvalue weighted by Crippen LogP contribution is 2.20. The molecule has 1 aromatic rings. The van der Waals surface area contributed by atoms with Gasteiger partial charge in [-0.2, -0.15) is 0 Å². The van der Waals surface area contributed by atoms with Gasteiger partial charge in [-0.3, -0.25) is 4.99 Å². The fraction of sp³-hybridized carbons (Fsp3) is 0.632. The molecule has 0 saturated heterocycles. The molecule has 150 valence electrons. The number of benzene rings is 1. The van der Waals surface area contributed by atoms with Crippen LogP contribution in [-0.4, -0.2) is 52.1 Å². The number of guanidine groups is 1. The third-order valence-electron chi connectivity index (χ3n) is 3.82. The minimum absolute atomic E-state index is 0. The van der Waals surface area contributed by atoms with Gasteiger partial charge in [0.2, 0.25) is 0 Å². The molecule has 0 aliphatic heterocycles. The second-order valence-electron chi connectivity index (χ2n) is 6.40. The molecule has 0 fully saturated rings. The van der Waals surface area contributed by atoms with E-state index in [1.165, 1.54) is 5.56 Å². The van der Waals surface area contributed by atoms with Crippen LogP contribution in [0.5, 0.6) is 5.75 Å². The predicted molar refractivity (Wildman–Crippen MR) is 118 cm³/mol. The van der Waals surface area contributed by atoms with Crippen LogP contribution in [0, 0.1) is 6.92 Å². The number of rotatable bonds is 10. The highest BCUT2D eigenvalue weighted by Gasteiger charge is 2.16. The maximum atomic E-state index is 5.87. The van der Waals surface area contributed by atoms with Gasteiger partial charge in [-0.05, 0) is 39.3 Å². The lowest BCUT2D eigenvalue weighted by atomic mass is 10.1. The normalized spacial score (nSPS) is 11.7. The third kappa shape index (κ3) is 9.59. The summed E-state index contributed by atoms with van der Waals surface area (Å²) in [5, 5.41) is 6.59. The highest BCUT2D eigenvalue weighted by molar-refractivity contribution is 14.0. The van der Waals surface area contributed by atoms with Gasteiger partial charge in [0.1, 0.15) is 12.4 Å². The Morgan fingerprint density at radius 3 is 2.54 bits per heavy atom. The second-order valence-corrected chi connectivity index (χ2v) is 6.40. The topological polar surface area (TPSA) is 64.1 Å². The second kappa shape index (κ2) is 13.2. The van der Waals surface area contributed by atoms with E-state index in [0.717, 1.165) is 17.3 Å². The first-order valence-corrected chi connectivity index (χ1v) is 8.71. The lowest BCUT2D eigenvalue weighted by Crippen LogP contribution is -2.45. The Kier molecular flexibility index (Phi) is 12.6. The van der Waals surface area contributed by atoms with E-state index in [-0.39, 0.29) is 29.6 Å². The number of hydrogen-bond donors (Lipinski definition) is 2. The third-order valence-corrected chi connectivity index (χ3v) is 3.82. The van der Waals surface area contributed by atoms with Crippen molar-refractivity contribution in [2.75, 3.05) is 40.5 Å². The molecular formula is C19H34IN3O3. The van der Waals surface area contributed by atoms with E-state index in [1.807, 2.05) is 26.8 Å². The summed E-state index contributed by atoms with van der Waals surface area (Å²) in [6.07, 6.45) is 0. The van der Waals surface area contributed by atoms with Crippen molar-refractivity contribution in [3.63, 3.8) is 0 Å². The van der Waals surface area contributed by atoms with Gasteiger partial charge >= 0.3 is 0 Å². The Balaban J connectivity index is 0.00000625. The molecule has 0 heterocycles. The summed E-state index contributed by atoms with van der Waals surface area (Å²) in [6.45, 7) is 11.2. The molecule has 0 radical (unpaired) electrons. The number of nitrogens with zero attached hydrogens (tertiary/aromatic N) is 1. The Labute approximate surface area is 175 Å². The molecule has 1 rings (SSSR count). The first-order chi connectivity index (χ1) is 11.9. The Hall–Kier alpha value is -1.06. The van der Waals surface area contributed by atoms with E-state index < -0.39 is 0 Å². The van der Waals surface area contributed by atoms with Crippen LogP contribution in [0.1, 0.15) is 31.9 Å². The summed E-state index contributed by atoms with van der Waals surface area (Å²) >= 11 is 0. The van der Waals surface area contributed by atoms with Crippen molar-refractivity contribution in [3.8, 4) is 5.75 Å². The number of hydrogen-bond acceptors (Lipinski definition) is 4. The average Bonchev–Trinajstić information content (AvgIpc) is 2.60. The molecule has 0 spiro atoms. The van der Waals surface area contributed by atoms with Crippen LogP contribution in [0.15, 0.2) is 23.2 Å². The molecule has 0 aliphatic rings. The van der Waals surface area contributed by atoms with Gasteiger partial charge in [0.05, 0.1) is 12.2 Å². The zero-order valence-corrected chi connectivity index (χ0v) is 19.2. The van der Waals surface area contributed by atoms with Gasteiger partial charge in [-0.25, -0.2) is 0 Å². The van der Waals surface area contributed by atoms with Crippen LogP contribution in [0.2, 0.25) is 0 Å². The van der Waals surface area contributed by atoms with Crippen LogP contribution in [-0.2, 0) is 16.0 Å². The molecule has 0 bridgehead atoms. The number of aryl methyl sites for hydroxylation is 1. The number of aliphatic imine (C=N–C) groups is 1. The number of halogens is 1. The molecule has 0 aliphatic carbocycles. The standard InChI is InChI=1S/C19H33N3O3.HI/c1-7-24-10-11-25-17-12-15(2)8-9-16(17)13-21-18(20-5)22-14-19(3,4)23-6;/h8-9,12H,7,10-11,13-14H2,1-6H3,(H2,20,21,22);1H. The first-order valence-electron chi connectivity index (χ1n) is 8.71. The molecule has 0 saturated carbocycles. The summed E-state index contributed by atoms with van der Waals surface area (Å²) in [5.74, 6) is 1.60. The Morgan fingerprint density at radius 2 is 1.92 bits per heavy atom. The first kappa shape index (κ1) is 24.9. The Bertz CT molecular complexity index is 551. The van der Waals surface area contributed by atoms with Crippen molar-refractivity contribution in [2.45, 2.75) is 39.8 Å². The minimum Gasteiger partial charge on any atom is -0.491 e. The van der Waals surface area contributed by atoms with Crippen LogP contribution >= 0.6 is 24.0 Å². The van der Waals surface area contributed by atoms with E-state index in [2.05, 4.69) is 34.7 Å². The average molecular weight is 479 g/mol. The molecule has 26 heavy (non-hydrogen) atoms. The zero-order valence-electron chi connectivity index (χ0n) is 16.8. The molecule has 1 aromatic carbocycles. The van der Waals surface area contributed by atoms with Gasteiger partial charge in [-0.1, -0.05) is 12.1 Å². The van der Waals surface area contributed by atoms with E-state index in [4.69, 9.17) is 14.2 Å². The monoisotopic (exact) mass is 479 g/mol. The number of nitrogens with one attached hydrogen (secondary N) is 2. The molecule has 0 unspecified atom stereocenters. The van der Waals surface area contributed by atoms with Crippen molar-refractivity contribution in [1.82, 2.24) is 10.6 Å². The van der Waals surface area contributed by atoms with Crippen LogP contribution in [0.4, 0.5) is 0 Å². The summed E-state index contributed by atoms with van der Waals surface area (Å²) in [5.41, 5.74) is 1.99. The van der Waals surface area contributed by atoms with E-state index in [0.29, 0.717) is 32.9 Å². The van der Waals surface area contributed by atoms with Crippen LogP contribution in [0.3, 0.4) is 0 Å². The van der Waals surface area contributed by atoms with Crippen molar-refractivity contribution in [2.24, 2.45) is 4.99 Å².